The number of carboxylic acid groups (broad SMARTS) is 1. The summed E-state index contributed by atoms with van der Waals surface area (Å²) in [7, 11) is 0. The maximum Gasteiger partial charge on any atom is 0.317 e. The standard InChI is InChI=1S/C16H22N2O4/c19-14-9-17(4-5-18(10-14)11-16(20)21)8-12-1-2-15-13(7-12)3-6-22-15/h1-2,7,14,19H,3-6,8-11H2,(H,20,21)/t14-/m0/s1. The predicted molar refractivity (Wildman–Crippen MR) is 81.0 cm³/mol. The topological polar surface area (TPSA) is 73.2 Å². The summed E-state index contributed by atoms with van der Waals surface area (Å²) in [5.41, 5.74) is 2.46. The Hall–Kier alpha value is -1.63. The van der Waals surface area contributed by atoms with E-state index >= 15 is 0 Å². The summed E-state index contributed by atoms with van der Waals surface area (Å²) in [5.74, 6) is 0.131. The van der Waals surface area contributed by atoms with Crippen molar-refractivity contribution in [1.82, 2.24) is 9.80 Å². The van der Waals surface area contributed by atoms with Crippen molar-refractivity contribution in [3.63, 3.8) is 0 Å². The molecule has 22 heavy (non-hydrogen) atoms. The highest BCUT2D eigenvalue weighted by Crippen LogP contribution is 2.26. The van der Waals surface area contributed by atoms with Crippen LogP contribution in [0, 0.1) is 0 Å². The van der Waals surface area contributed by atoms with Crippen LogP contribution < -0.4 is 4.74 Å². The monoisotopic (exact) mass is 306 g/mol. The zero-order chi connectivity index (χ0) is 15.5. The first-order valence-electron chi connectivity index (χ1n) is 7.69. The van der Waals surface area contributed by atoms with Gasteiger partial charge >= 0.3 is 5.97 Å². The van der Waals surface area contributed by atoms with Gasteiger partial charge < -0.3 is 14.9 Å². The Morgan fingerprint density at radius 2 is 2.05 bits per heavy atom. The molecular formula is C16H22N2O4. The second-order valence-corrected chi connectivity index (χ2v) is 6.06. The van der Waals surface area contributed by atoms with E-state index in [0.717, 1.165) is 31.9 Å². The second-order valence-electron chi connectivity index (χ2n) is 6.06. The normalized spacial score (nSPS) is 22.9. The molecule has 0 aromatic heterocycles. The van der Waals surface area contributed by atoms with E-state index in [1.54, 1.807) is 4.90 Å². The second kappa shape index (κ2) is 6.64. The molecule has 0 aliphatic carbocycles. The highest BCUT2D eigenvalue weighted by Gasteiger charge is 2.23. The lowest BCUT2D eigenvalue weighted by atomic mass is 10.1. The summed E-state index contributed by atoms with van der Waals surface area (Å²) >= 11 is 0. The number of aliphatic hydroxyl groups is 1. The van der Waals surface area contributed by atoms with E-state index in [9.17, 15) is 9.90 Å². The number of aliphatic carboxylic acids is 1. The Bertz CT molecular complexity index is 549. The van der Waals surface area contributed by atoms with Crippen LogP contribution in [-0.2, 0) is 17.8 Å². The van der Waals surface area contributed by atoms with Gasteiger partial charge in [-0.25, -0.2) is 0 Å². The van der Waals surface area contributed by atoms with Gasteiger partial charge in [0, 0.05) is 39.1 Å². The zero-order valence-corrected chi connectivity index (χ0v) is 12.6. The molecule has 120 valence electrons. The molecule has 0 radical (unpaired) electrons. The molecule has 2 heterocycles. The molecule has 3 rings (SSSR count). The third-order valence-corrected chi connectivity index (χ3v) is 4.19. The van der Waals surface area contributed by atoms with Crippen LogP contribution in [-0.4, -0.2) is 71.4 Å². The fourth-order valence-corrected chi connectivity index (χ4v) is 3.19. The van der Waals surface area contributed by atoms with Gasteiger partial charge in [-0.05, 0) is 17.2 Å². The number of nitrogens with zero attached hydrogens (tertiary/aromatic N) is 2. The van der Waals surface area contributed by atoms with Crippen molar-refractivity contribution in [2.75, 3.05) is 39.3 Å². The van der Waals surface area contributed by atoms with Gasteiger partial charge in [-0.15, -0.1) is 0 Å². The SMILES string of the molecule is O=C(O)CN1CCN(Cc2ccc3c(c2)CCO3)C[C@H](O)C1. The molecule has 2 N–H and O–H groups in total. The third-order valence-electron chi connectivity index (χ3n) is 4.19. The summed E-state index contributed by atoms with van der Waals surface area (Å²) in [6.07, 6.45) is 0.442. The number of carboxylic acids is 1. The van der Waals surface area contributed by atoms with E-state index in [-0.39, 0.29) is 6.54 Å². The lowest BCUT2D eigenvalue weighted by molar-refractivity contribution is -0.138. The number of rotatable bonds is 4. The third kappa shape index (κ3) is 3.76. The van der Waals surface area contributed by atoms with Crippen molar-refractivity contribution < 1.29 is 19.7 Å². The summed E-state index contributed by atoms with van der Waals surface area (Å²) in [6.45, 7) is 3.93. The van der Waals surface area contributed by atoms with Gasteiger partial charge in [-0.1, -0.05) is 12.1 Å². The number of fused-ring (bicyclic) bond motifs is 1. The fourth-order valence-electron chi connectivity index (χ4n) is 3.19. The van der Waals surface area contributed by atoms with Gasteiger partial charge in [-0.3, -0.25) is 14.6 Å². The predicted octanol–water partition coefficient (Wildman–Crippen LogP) is 0.185. The molecule has 1 saturated heterocycles. The molecule has 2 aliphatic heterocycles. The maximum atomic E-state index is 10.8. The molecule has 1 aromatic rings. The fraction of sp³-hybridized carbons (Fsp3) is 0.562. The molecular weight excluding hydrogens is 284 g/mol. The number of ether oxygens (including phenoxy) is 1. The van der Waals surface area contributed by atoms with E-state index in [2.05, 4.69) is 17.0 Å². The molecule has 6 heteroatoms. The Morgan fingerprint density at radius 3 is 2.86 bits per heavy atom. The molecule has 0 saturated carbocycles. The van der Waals surface area contributed by atoms with Crippen LogP contribution in [0.3, 0.4) is 0 Å². The van der Waals surface area contributed by atoms with Crippen molar-refractivity contribution in [3.8, 4) is 5.75 Å². The number of hydrogen-bond acceptors (Lipinski definition) is 5. The van der Waals surface area contributed by atoms with Gasteiger partial charge in [0.25, 0.3) is 0 Å². The first-order valence-corrected chi connectivity index (χ1v) is 7.69. The first kappa shape index (κ1) is 15.3. The summed E-state index contributed by atoms with van der Waals surface area (Å²) in [6, 6.07) is 6.26. The van der Waals surface area contributed by atoms with E-state index < -0.39 is 12.1 Å². The zero-order valence-electron chi connectivity index (χ0n) is 12.6. The van der Waals surface area contributed by atoms with Crippen molar-refractivity contribution in [1.29, 1.82) is 0 Å². The van der Waals surface area contributed by atoms with Crippen LogP contribution in [0.25, 0.3) is 0 Å². The number of aliphatic hydroxyl groups excluding tert-OH is 1. The number of carbonyl (C=O) groups is 1. The average Bonchev–Trinajstić information content (AvgIpc) is 2.84. The highest BCUT2D eigenvalue weighted by atomic mass is 16.5. The van der Waals surface area contributed by atoms with Crippen molar-refractivity contribution in [2.24, 2.45) is 0 Å². The lowest BCUT2D eigenvalue weighted by Gasteiger charge is -2.21. The molecule has 1 aromatic carbocycles. The van der Waals surface area contributed by atoms with E-state index in [0.29, 0.717) is 19.6 Å². The van der Waals surface area contributed by atoms with E-state index in [1.165, 1.54) is 11.1 Å². The molecule has 0 bridgehead atoms. The van der Waals surface area contributed by atoms with Crippen LogP contribution in [0.1, 0.15) is 11.1 Å². The van der Waals surface area contributed by atoms with Crippen LogP contribution in [0.15, 0.2) is 18.2 Å². The van der Waals surface area contributed by atoms with Crippen molar-refractivity contribution in [2.45, 2.75) is 19.1 Å². The van der Waals surface area contributed by atoms with Crippen LogP contribution >= 0.6 is 0 Å². The number of hydrogen-bond donors (Lipinski definition) is 2. The van der Waals surface area contributed by atoms with Gasteiger partial charge in [0.05, 0.1) is 19.3 Å². The van der Waals surface area contributed by atoms with Crippen LogP contribution in [0.2, 0.25) is 0 Å². The Labute approximate surface area is 129 Å². The molecule has 0 unspecified atom stereocenters. The van der Waals surface area contributed by atoms with Gasteiger partial charge in [0.15, 0.2) is 0 Å². The van der Waals surface area contributed by atoms with Gasteiger partial charge in [0.1, 0.15) is 5.75 Å². The minimum atomic E-state index is -0.848. The molecule has 1 fully saturated rings. The van der Waals surface area contributed by atoms with E-state index in [4.69, 9.17) is 9.84 Å². The summed E-state index contributed by atoms with van der Waals surface area (Å²) in [5, 5.41) is 19.0. The van der Waals surface area contributed by atoms with Crippen molar-refractivity contribution >= 4 is 5.97 Å². The largest absolute Gasteiger partial charge is 0.493 e. The molecule has 0 amide bonds. The summed E-state index contributed by atoms with van der Waals surface area (Å²) < 4.78 is 5.52. The van der Waals surface area contributed by atoms with Crippen LogP contribution in [0.5, 0.6) is 5.75 Å². The molecule has 2 aliphatic rings. The Morgan fingerprint density at radius 1 is 1.27 bits per heavy atom. The first-order chi connectivity index (χ1) is 10.6. The number of benzene rings is 1. The average molecular weight is 306 g/mol. The van der Waals surface area contributed by atoms with Crippen LogP contribution in [0.4, 0.5) is 0 Å². The maximum absolute atomic E-state index is 10.8. The summed E-state index contributed by atoms with van der Waals surface area (Å²) in [4.78, 5) is 14.8. The minimum Gasteiger partial charge on any atom is -0.493 e. The molecule has 1 atom stereocenters. The quantitative estimate of drug-likeness (QED) is 0.827. The minimum absolute atomic E-state index is 0.0128. The molecule has 0 spiro atoms. The Kier molecular flexibility index (Phi) is 4.61. The highest BCUT2D eigenvalue weighted by molar-refractivity contribution is 5.69. The van der Waals surface area contributed by atoms with E-state index in [1.807, 2.05) is 6.07 Å². The van der Waals surface area contributed by atoms with Crippen molar-refractivity contribution in [3.05, 3.63) is 29.3 Å². The smallest absolute Gasteiger partial charge is 0.317 e. The Balaban J connectivity index is 1.61. The molecule has 6 nitrogen and oxygen atoms in total. The lowest BCUT2D eigenvalue weighted by Crippen LogP contribution is -2.36. The van der Waals surface area contributed by atoms with Gasteiger partial charge in [0.2, 0.25) is 0 Å². The van der Waals surface area contributed by atoms with Gasteiger partial charge in [-0.2, -0.15) is 0 Å². The number of β-amino-alcohol motifs (C(OH)–C–C–N with tert-alkyl or cyclic N) is 1.